The van der Waals surface area contributed by atoms with E-state index in [2.05, 4.69) is 26.2 Å². The van der Waals surface area contributed by atoms with Gasteiger partial charge in [0, 0.05) is 17.2 Å². The van der Waals surface area contributed by atoms with Crippen LogP contribution in [0, 0.1) is 0 Å². The normalized spacial score (nSPS) is 16.2. The Morgan fingerprint density at radius 3 is 2.88 bits per heavy atom. The average molecular weight is 390 g/mol. The molecule has 1 atom stereocenters. The minimum absolute atomic E-state index is 0.321. The van der Waals surface area contributed by atoms with E-state index in [0.717, 1.165) is 15.6 Å². The molecule has 2 heterocycles. The zero-order valence-electron chi connectivity index (χ0n) is 13.0. The third kappa shape index (κ3) is 3.26. The van der Waals surface area contributed by atoms with Gasteiger partial charge >= 0.3 is 6.09 Å². The fraction of sp³-hybridized carbons (Fsp3) is 0.235. The fourth-order valence-corrected chi connectivity index (χ4v) is 3.19. The topological polar surface area (TPSA) is 71.5 Å². The van der Waals surface area contributed by atoms with Gasteiger partial charge in [0.15, 0.2) is 0 Å². The number of carbonyl (C=O) groups excluding carboxylic acids is 2. The van der Waals surface area contributed by atoms with E-state index in [1.165, 1.54) is 12.0 Å². The van der Waals surface area contributed by atoms with E-state index in [-0.39, 0.29) is 5.91 Å². The molecule has 1 aliphatic heterocycles. The van der Waals surface area contributed by atoms with Gasteiger partial charge in [-0.1, -0.05) is 28.1 Å². The van der Waals surface area contributed by atoms with E-state index in [9.17, 15) is 9.59 Å². The molecular formula is C17H16BrN3O3. The number of hydrogen-bond donors (Lipinski definition) is 1. The number of methoxy groups -OCH3 is 1. The molecule has 24 heavy (non-hydrogen) atoms. The van der Waals surface area contributed by atoms with Crippen LogP contribution in [-0.4, -0.2) is 35.5 Å². The lowest BCUT2D eigenvalue weighted by atomic mass is 9.92. The summed E-state index contributed by atoms with van der Waals surface area (Å²) in [5.74, 6) is 0.118. The quantitative estimate of drug-likeness (QED) is 0.855. The average Bonchev–Trinajstić information content (AvgIpc) is 2.60. The molecule has 0 bridgehead atoms. The first-order valence-electron chi connectivity index (χ1n) is 7.45. The van der Waals surface area contributed by atoms with Gasteiger partial charge in [-0.2, -0.15) is 0 Å². The number of benzene rings is 1. The van der Waals surface area contributed by atoms with Crippen LogP contribution < -0.4 is 5.32 Å². The van der Waals surface area contributed by atoms with Gasteiger partial charge in [0.25, 0.3) is 5.91 Å². The summed E-state index contributed by atoms with van der Waals surface area (Å²) in [6.07, 6.45) is 1.74. The van der Waals surface area contributed by atoms with E-state index in [1.807, 2.05) is 18.2 Å². The van der Waals surface area contributed by atoms with E-state index in [4.69, 9.17) is 4.74 Å². The second-order valence-electron chi connectivity index (χ2n) is 5.36. The van der Waals surface area contributed by atoms with Crippen molar-refractivity contribution in [1.82, 2.24) is 9.88 Å². The number of amides is 2. The van der Waals surface area contributed by atoms with Gasteiger partial charge in [-0.05, 0) is 41.8 Å². The van der Waals surface area contributed by atoms with Crippen molar-refractivity contribution in [2.75, 3.05) is 19.0 Å². The molecule has 2 aromatic rings. The second-order valence-corrected chi connectivity index (χ2v) is 6.28. The maximum absolute atomic E-state index is 12.9. The van der Waals surface area contributed by atoms with Crippen molar-refractivity contribution in [1.29, 1.82) is 0 Å². The van der Waals surface area contributed by atoms with Crippen LogP contribution in [0.5, 0.6) is 0 Å². The third-order valence-electron chi connectivity index (χ3n) is 3.91. The first-order valence-corrected chi connectivity index (χ1v) is 8.24. The molecule has 0 fully saturated rings. The number of pyridine rings is 1. The molecule has 0 unspecified atom stereocenters. The predicted octanol–water partition coefficient (Wildman–Crippen LogP) is 3.15. The fourth-order valence-electron chi connectivity index (χ4n) is 2.81. The van der Waals surface area contributed by atoms with Crippen molar-refractivity contribution in [2.24, 2.45) is 0 Å². The first-order chi connectivity index (χ1) is 11.6. The minimum Gasteiger partial charge on any atom is -0.453 e. The summed E-state index contributed by atoms with van der Waals surface area (Å²) in [6, 6.07) is 10.3. The molecule has 0 saturated carbocycles. The molecule has 6 nitrogen and oxygen atoms in total. The number of rotatable bonds is 2. The minimum atomic E-state index is -0.763. The van der Waals surface area contributed by atoms with Crippen LogP contribution >= 0.6 is 15.9 Å². The number of halogens is 1. The van der Waals surface area contributed by atoms with Gasteiger partial charge in [-0.25, -0.2) is 9.78 Å². The summed E-state index contributed by atoms with van der Waals surface area (Å²) in [5, 5.41) is 2.77. The summed E-state index contributed by atoms with van der Waals surface area (Å²) in [5.41, 5.74) is 1.83. The summed E-state index contributed by atoms with van der Waals surface area (Å²) >= 11 is 3.43. The molecule has 1 aromatic heterocycles. The van der Waals surface area contributed by atoms with Gasteiger partial charge in [0.1, 0.15) is 11.9 Å². The molecule has 124 valence electrons. The highest BCUT2D eigenvalue weighted by Crippen LogP contribution is 2.33. The summed E-state index contributed by atoms with van der Waals surface area (Å²) < 4.78 is 5.70. The van der Waals surface area contributed by atoms with Crippen LogP contribution in [0.2, 0.25) is 0 Å². The van der Waals surface area contributed by atoms with E-state index < -0.39 is 12.1 Å². The number of anilines is 1. The molecular weight excluding hydrogens is 374 g/mol. The highest BCUT2D eigenvalue weighted by Gasteiger charge is 2.36. The molecule has 2 amide bonds. The Kier molecular flexibility index (Phi) is 4.80. The van der Waals surface area contributed by atoms with Crippen LogP contribution in [0.4, 0.5) is 10.6 Å². The number of ether oxygens (including phenoxy) is 1. The van der Waals surface area contributed by atoms with Gasteiger partial charge in [0.05, 0.1) is 7.11 Å². The number of nitrogens with one attached hydrogen (secondary N) is 1. The van der Waals surface area contributed by atoms with Crippen LogP contribution in [0.15, 0.2) is 47.1 Å². The zero-order chi connectivity index (χ0) is 17.1. The van der Waals surface area contributed by atoms with Crippen molar-refractivity contribution in [3.05, 3.63) is 58.2 Å². The van der Waals surface area contributed by atoms with Crippen molar-refractivity contribution < 1.29 is 14.3 Å². The molecule has 1 aliphatic rings. The molecule has 3 rings (SSSR count). The largest absolute Gasteiger partial charge is 0.453 e. The van der Waals surface area contributed by atoms with Crippen molar-refractivity contribution >= 4 is 33.7 Å². The van der Waals surface area contributed by atoms with E-state index in [0.29, 0.717) is 18.8 Å². The number of carbonyl (C=O) groups is 2. The zero-order valence-corrected chi connectivity index (χ0v) is 14.6. The summed E-state index contributed by atoms with van der Waals surface area (Å²) in [7, 11) is 1.31. The van der Waals surface area contributed by atoms with Crippen LogP contribution in [0.1, 0.15) is 17.2 Å². The van der Waals surface area contributed by atoms with E-state index >= 15 is 0 Å². The monoisotopic (exact) mass is 389 g/mol. The Bertz CT molecular complexity index is 767. The Hall–Kier alpha value is -2.41. The summed E-state index contributed by atoms with van der Waals surface area (Å²) in [6.45, 7) is 0.418. The van der Waals surface area contributed by atoms with Crippen LogP contribution in [-0.2, 0) is 16.0 Å². The molecule has 0 spiro atoms. The molecule has 1 aromatic carbocycles. The van der Waals surface area contributed by atoms with Crippen molar-refractivity contribution in [3.63, 3.8) is 0 Å². The van der Waals surface area contributed by atoms with Crippen molar-refractivity contribution in [3.8, 4) is 0 Å². The number of nitrogens with zero attached hydrogens (tertiary/aromatic N) is 2. The Labute approximate surface area is 148 Å². The van der Waals surface area contributed by atoms with Gasteiger partial charge in [-0.3, -0.25) is 9.69 Å². The second kappa shape index (κ2) is 7.00. The van der Waals surface area contributed by atoms with E-state index in [1.54, 1.807) is 24.4 Å². The maximum atomic E-state index is 12.9. The molecule has 0 radical (unpaired) electrons. The number of aromatic nitrogens is 1. The van der Waals surface area contributed by atoms with Crippen LogP contribution in [0.25, 0.3) is 0 Å². The first kappa shape index (κ1) is 16.4. The van der Waals surface area contributed by atoms with Gasteiger partial charge < -0.3 is 10.1 Å². The lowest BCUT2D eigenvalue weighted by Gasteiger charge is -2.35. The third-order valence-corrected chi connectivity index (χ3v) is 4.40. The Morgan fingerprint density at radius 1 is 1.33 bits per heavy atom. The smallest absolute Gasteiger partial charge is 0.410 e. The van der Waals surface area contributed by atoms with Crippen LogP contribution in [0.3, 0.4) is 0 Å². The lowest BCUT2D eigenvalue weighted by molar-refractivity contribution is -0.121. The highest BCUT2D eigenvalue weighted by atomic mass is 79.9. The standard InChI is InChI=1S/C17H16BrN3O3/c1-24-17(23)21-9-7-11-5-6-12(18)10-13(11)15(21)16(22)20-14-4-2-3-8-19-14/h2-6,8,10,15H,7,9H2,1H3,(H,19,20,22)/t15-/m0/s1. The van der Waals surface area contributed by atoms with Gasteiger partial charge in [0.2, 0.25) is 0 Å². The highest BCUT2D eigenvalue weighted by molar-refractivity contribution is 9.10. The van der Waals surface area contributed by atoms with Crippen molar-refractivity contribution in [2.45, 2.75) is 12.5 Å². The molecule has 0 aliphatic carbocycles. The number of hydrogen-bond acceptors (Lipinski definition) is 4. The molecule has 1 N–H and O–H groups in total. The lowest BCUT2D eigenvalue weighted by Crippen LogP contribution is -2.45. The molecule has 0 saturated heterocycles. The summed E-state index contributed by atoms with van der Waals surface area (Å²) in [4.78, 5) is 30.5. The Balaban J connectivity index is 1.97. The SMILES string of the molecule is COC(=O)N1CCc2ccc(Br)cc2[C@H]1C(=O)Nc1ccccn1. The van der Waals surface area contributed by atoms with Gasteiger partial charge in [-0.15, -0.1) is 0 Å². The number of fused-ring (bicyclic) bond motifs is 1. The predicted molar refractivity (Wildman–Crippen MR) is 92.6 cm³/mol. The molecule has 7 heteroatoms. The Morgan fingerprint density at radius 2 is 2.17 bits per heavy atom. The maximum Gasteiger partial charge on any atom is 0.410 e.